The van der Waals surface area contributed by atoms with Gasteiger partial charge in [0.05, 0.1) is 12.2 Å². The summed E-state index contributed by atoms with van der Waals surface area (Å²) in [7, 11) is 0. The highest BCUT2D eigenvalue weighted by atomic mass is 35.5. The molecule has 0 bridgehead atoms. The Morgan fingerprint density at radius 3 is 2.22 bits per heavy atom. The Labute approximate surface area is 162 Å². The van der Waals surface area contributed by atoms with Crippen molar-refractivity contribution in [1.29, 1.82) is 0 Å². The minimum Gasteiger partial charge on any atom is -0.365 e. The largest absolute Gasteiger partial charge is 0.365 e. The third-order valence-electron chi connectivity index (χ3n) is 4.86. The number of nitrogens with one attached hydrogen (secondary N) is 1. The third-order valence-corrected chi connectivity index (χ3v) is 5.11. The molecule has 6 heteroatoms. The van der Waals surface area contributed by atoms with Gasteiger partial charge in [0.25, 0.3) is 0 Å². The van der Waals surface area contributed by atoms with Gasteiger partial charge in [-0.05, 0) is 42.3 Å². The lowest BCUT2D eigenvalue weighted by atomic mass is 9.81. The molecule has 3 atom stereocenters. The molecule has 0 unspecified atom stereocenters. The van der Waals surface area contributed by atoms with E-state index >= 15 is 0 Å². The number of hydrogen-bond acceptors (Lipinski definition) is 2. The Bertz CT molecular complexity index is 807. The van der Waals surface area contributed by atoms with Crippen molar-refractivity contribution < 1.29 is 18.3 Å². The van der Waals surface area contributed by atoms with Crippen LogP contribution < -0.4 is 5.32 Å². The molecule has 1 saturated heterocycles. The van der Waals surface area contributed by atoms with E-state index in [1.165, 1.54) is 12.1 Å². The molecular formula is C21H22ClF2NO2. The molecule has 1 aliphatic rings. The molecule has 1 aliphatic heterocycles. The maximum absolute atomic E-state index is 13.7. The van der Waals surface area contributed by atoms with E-state index in [0.717, 1.165) is 11.6 Å². The average Bonchev–Trinajstić information content (AvgIpc) is 2.60. The monoisotopic (exact) mass is 393 g/mol. The highest BCUT2D eigenvalue weighted by Gasteiger charge is 2.40. The Morgan fingerprint density at radius 1 is 1.11 bits per heavy atom. The molecule has 27 heavy (non-hydrogen) atoms. The minimum atomic E-state index is -0.651. The van der Waals surface area contributed by atoms with E-state index in [2.05, 4.69) is 5.32 Å². The van der Waals surface area contributed by atoms with E-state index in [1.807, 2.05) is 19.1 Å². The lowest BCUT2D eigenvalue weighted by Crippen LogP contribution is -2.50. The van der Waals surface area contributed by atoms with E-state index < -0.39 is 23.3 Å². The predicted molar refractivity (Wildman–Crippen MR) is 100 cm³/mol. The summed E-state index contributed by atoms with van der Waals surface area (Å²) in [5, 5.41) is 3.66. The van der Waals surface area contributed by atoms with Crippen molar-refractivity contribution in [2.45, 2.75) is 50.9 Å². The summed E-state index contributed by atoms with van der Waals surface area (Å²) in [6.07, 6.45) is 0.447. The van der Waals surface area contributed by atoms with Crippen LogP contribution in [-0.2, 0) is 9.53 Å². The van der Waals surface area contributed by atoms with Crippen molar-refractivity contribution in [2.24, 2.45) is 0 Å². The molecule has 1 amide bonds. The first-order valence-electron chi connectivity index (χ1n) is 8.96. The normalized spacial score (nSPS) is 25.2. The van der Waals surface area contributed by atoms with Gasteiger partial charge < -0.3 is 10.1 Å². The Kier molecular flexibility index (Phi) is 5.82. The Hall–Kier alpha value is -1.98. The summed E-state index contributed by atoms with van der Waals surface area (Å²) in [6, 6.07) is 10.7. The second-order valence-electron chi connectivity index (χ2n) is 7.24. The van der Waals surface area contributed by atoms with Crippen LogP contribution in [-0.4, -0.2) is 11.4 Å². The number of hydrogen-bond donors (Lipinski definition) is 1. The lowest BCUT2D eigenvalue weighted by molar-refractivity contribution is -0.128. The van der Waals surface area contributed by atoms with Gasteiger partial charge in [0.15, 0.2) is 0 Å². The number of ether oxygens (including phenoxy) is 1. The fourth-order valence-corrected chi connectivity index (χ4v) is 3.68. The molecule has 0 aromatic heterocycles. The molecule has 1 heterocycles. The zero-order chi connectivity index (χ0) is 19.6. The van der Waals surface area contributed by atoms with Crippen LogP contribution in [0, 0.1) is 11.6 Å². The molecule has 3 nitrogen and oxygen atoms in total. The van der Waals surface area contributed by atoms with Crippen LogP contribution in [0.25, 0.3) is 0 Å². The minimum absolute atomic E-state index is 0.0709. The van der Waals surface area contributed by atoms with Gasteiger partial charge in [-0.2, -0.15) is 0 Å². The van der Waals surface area contributed by atoms with Crippen LogP contribution in [0.1, 0.15) is 56.4 Å². The fraction of sp³-hybridized carbons (Fsp3) is 0.381. The van der Waals surface area contributed by atoms with Gasteiger partial charge in [-0.15, -0.1) is 0 Å². The molecule has 1 fully saturated rings. The van der Waals surface area contributed by atoms with Gasteiger partial charge in [-0.3, -0.25) is 4.79 Å². The summed E-state index contributed by atoms with van der Waals surface area (Å²) in [6.45, 7) is 3.72. The average molecular weight is 394 g/mol. The first kappa shape index (κ1) is 19.8. The molecule has 3 rings (SSSR count). The van der Waals surface area contributed by atoms with Crippen LogP contribution in [0.5, 0.6) is 0 Å². The number of amides is 1. The second-order valence-corrected chi connectivity index (χ2v) is 7.67. The van der Waals surface area contributed by atoms with Crippen molar-refractivity contribution in [3.8, 4) is 0 Å². The van der Waals surface area contributed by atoms with Crippen molar-refractivity contribution >= 4 is 17.5 Å². The number of carbonyl (C=O) groups is 1. The zero-order valence-corrected chi connectivity index (χ0v) is 16.0. The summed E-state index contributed by atoms with van der Waals surface area (Å²) in [5.41, 5.74) is 0.754. The molecule has 0 spiro atoms. The second kappa shape index (κ2) is 7.95. The van der Waals surface area contributed by atoms with Crippen molar-refractivity contribution in [2.75, 3.05) is 0 Å². The summed E-state index contributed by atoms with van der Waals surface area (Å²) >= 11 is 5.97. The van der Waals surface area contributed by atoms with Gasteiger partial charge in [0.2, 0.25) is 5.91 Å². The van der Waals surface area contributed by atoms with Gasteiger partial charge in [0.1, 0.15) is 11.6 Å². The molecule has 0 saturated carbocycles. The lowest BCUT2D eigenvalue weighted by Gasteiger charge is -2.43. The van der Waals surface area contributed by atoms with E-state index in [-0.39, 0.29) is 12.0 Å². The smallest absolute Gasteiger partial charge is 0.220 e. The van der Waals surface area contributed by atoms with E-state index in [9.17, 15) is 13.6 Å². The van der Waals surface area contributed by atoms with E-state index in [4.69, 9.17) is 16.3 Å². The van der Waals surface area contributed by atoms with Crippen LogP contribution in [0.15, 0.2) is 42.5 Å². The molecule has 0 radical (unpaired) electrons. The molecule has 144 valence electrons. The van der Waals surface area contributed by atoms with Gasteiger partial charge >= 0.3 is 0 Å². The van der Waals surface area contributed by atoms with Gasteiger partial charge in [-0.25, -0.2) is 8.78 Å². The predicted octanol–water partition coefficient (Wildman–Crippen LogP) is 5.50. The SMILES string of the molecule is CCC(=O)N[C@]1(C)C[C@@H](c2ccc(Cl)cc2)O[C@@H](c2cc(F)cc(F)c2)C1. The maximum atomic E-state index is 13.7. The first-order chi connectivity index (χ1) is 12.8. The van der Waals surface area contributed by atoms with Gasteiger partial charge in [0, 0.05) is 35.9 Å². The number of carbonyl (C=O) groups excluding carboxylic acids is 1. The zero-order valence-electron chi connectivity index (χ0n) is 15.3. The number of benzene rings is 2. The van der Waals surface area contributed by atoms with Crippen molar-refractivity contribution in [3.63, 3.8) is 0 Å². The molecular weight excluding hydrogens is 372 g/mol. The van der Waals surface area contributed by atoms with Crippen molar-refractivity contribution in [1.82, 2.24) is 5.32 Å². The van der Waals surface area contributed by atoms with Gasteiger partial charge in [-0.1, -0.05) is 30.7 Å². The van der Waals surface area contributed by atoms with Crippen LogP contribution in [0.3, 0.4) is 0 Å². The van der Waals surface area contributed by atoms with Crippen LogP contribution >= 0.6 is 11.6 Å². The Balaban J connectivity index is 1.95. The van der Waals surface area contributed by atoms with E-state index in [0.29, 0.717) is 29.8 Å². The molecule has 2 aromatic carbocycles. The summed E-state index contributed by atoms with van der Waals surface area (Å²) in [5.74, 6) is -1.37. The highest BCUT2D eigenvalue weighted by molar-refractivity contribution is 6.30. The summed E-state index contributed by atoms with van der Waals surface area (Å²) < 4.78 is 33.6. The topological polar surface area (TPSA) is 38.3 Å². The maximum Gasteiger partial charge on any atom is 0.220 e. The molecule has 0 aliphatic carbocycles. The standard InChI is InChI=1S/C21H22ClF2NO2/c1-3-20(26)25-21(2)11-18(13-4-6-15(22)7-5-13)27-19(12-21)14-8-16(23)10-17(24)9-14/h4-10,18-19H,3,11-12H2,1-2H3,(H,25,26)/t18-,19+,21+/m0/s1. The Morgan fingerprint density at radius 2 is 1.67 bits per heavy atom. The fourth-order valence-electron chi connectivity index (χ4n) is 3.55. The first-order valence-corrected chi connectivity index (χ1v) is 9.34. The van der Waals surface area contributed by atoms with E-state index in [1.54, 1.807) is 19.1 Å². The molecule has 1 N–H and O–H groups in total. The number of halogens is 3. The third kappa shape index (κ3) is 4.85. The summed E-state index contributed by atoms with van der Waals surface area (Å²) in [4.78, 5) is 12.0. The quantitative estimate of drug-likeness (QED) is 0.745. The van der Waals surface area contributed by atoms with Crippen LogP contribution in [0.2, 0.25) is 5.02 Å². The highest BCUT2D eigenvalue weighted by Crippen LogP contribution is 2.44. The molecule has 2 aromatic rings. The van der Waals surface area contributed by atoms with Crippen LogP contribution in [0.4, 0.5) is 8.78 Å². The van der Waals surface area contributed by atoms with Crippen molar-refractivity contribution in [3.05, 3.63) is 70.2 Å². The number of rotatable bonds is 4.